The lowest BCUT2D eigenvalue weighted by Crippen LogP contribution is -2.06. The van der Waals surface area contributed by atoms with Crippen LogP contribution in [-0.2, 0) is 6.42 Å². The Labute approximate surface area is 84.5 Å². The van der Waals surface area contributed by atoms with Gasteiger partial charge < -0.3 is 15.6 Å². The molecule has 0 amide bonds. The molecule has 1 aromatic carbocycles. The lowest BCUT2D eigenvalue weighted by Gasteiger charge is -2.13. The van der Waals surface area contributed by atoms with Crippen molar-refractivity contribution in [3.8, 4) is 11.5 Å². The summed E-state index contributed by atoms with van der Waals surface area (Å²) in [4.78, 5) is 0. The topological polar surface area (TPSA) is 55.5 Å². The highest BCUT2D eigenvalue weighted by atomic mass is 16.5. The van der Waals surface area contributed by atoms with Crippen LogP contribution in [0.5, 0.6) is 11.5 Å². The van der Waals surface area contributed by atoms with Crippen molar-refractivity contribution < 1.29 is 9.84 Å². The average molecular weight is 195 g/mol. The van der Waals surface area contributed by atoms with Gasteiger partial charge in [0.1, 0.15) is 0 Å². The van der Waals surface area contributed by atoms with Gasteiger partial charge in [0.25, 0.3) is 0 Å². The maximum Gasteiger partial charge on any atom is 0.162 e. The zero-order chi connectivity index (χ0) is 10.7. The first-order valence-corrected chi connectivity index (χ1v) is 4.75. The third-order valence-corrected chi connectivity index (χ3v) is 2.28. The standard InChI is InChI=1S/C11H17NO2/c1-4-8-5-9(7(2)12)11(13)10(6-8)14-3/h5-7,13H,4,12H2,1-3H3/t7-/m1/s1. The Morgan fingerprint density at radius 1 is 1.50 bits per heavy atom. The Morgan fingerprint density at radius 2 is 2.14 bits per heavy atom. The number of phenolic OH excluding ortho intramolecular Hbond substituents is 1. The lowest BCUT2D eigenvalue weighted by atomic mass is 10.0. The molecule has 1 aromatic rings. The van der Waals surface area contributed by atoms with E-state index in [0.717, 1.165) is 17.5 Å². The van der Waals surface area contributed by atoms with Gasteiger partial charge >= 0.3 is 0 Å². The fourth-order valence-corrected chi connectivity index (χ4v) is 1.40. The van der Waals surface area contributed by atoms with Crippen molar-refractivity contribution in [2.45, 2.75) is 26.3 Å². The summed E-state index contributed by atoms with van der Waals surface area (Å²) in [6.07, 6.45) is 0.899. The van der Waals surface area contributed by atoms with Gasteiger partial charge in [0.05, 0.1) is 7.11 Å². The second kappa shape index (κ2) is 4.33. The molecule has 0 unspecified atom stereocenters. The van der Waals surface area contributed by atoms with Crippen LogP contribution in [0.25, 0.3) is 0 Å². The van der Waals surface area contributed by atoms with Crippen LogP contribution in [0, 0.1) is 0 Å². The molecular weight excluding hydrogens is 178 g/mol. The fourth-order valence-electron chi connectivity index (χ4n) is 1.40. The highest BCUT2D eigenvalue weighted by molar-refractivity contribution is 5.49. The zero-order valence-corrected chi connectivity index (χ0v) is 8.87. The lowest BCUT2D eigenvalue weighted by molar-refractivity contribution is 0.368. The van der Waals surface area contributed by atoms with Crippen LogP contribution in [0.15, 0.2) is 12.1 Å². The second-order valence-corrected chi connectivity index (χ2v) is 3.38. The van der Waals surface area contributed by atoms with Gasteiger partial charge in [0.15, 0.2) is 11.5 Å². The molecule has 3 nitrogen and oxygen atoms in total. The number of hydrogen-bond acceptors (Lipinski definition) is 3. The molecule has 78 valence electrons. The minimum Gasteiger partial charge on any atom is -0.504 e. The predicted octanol–water partition coefficient (Wildman–Crippen LogP) is 1.98. The molecule has 0 bridgehead atoms. The summed E-state index contributed by atoms with van der Waals surface area (Å²) >= 11 is 0. The molecule has 14 heavy (non-hydrogen) atoms. The van der Waals surface area contributed by atoms with Crippen molar-refractivity contribution in [1.82, 2.24) is 0 Å². The van der Waals surface area contributed by atoms with Crippen molar-refractivity contribution in [2.75, 3.05) is 7.11 Å². The van der Waals surface area contributed by atoms with Gasteiger partial charge in [-0.25, -0.2) is 0 Å². The van der Waals surface area contributed by atoms with E-state index in [1.54, 1.807) is 7.11 Å². The van der Waals surface area contributed by atoms with Gasteiger partial charge in [-0.05, 0) is 25.0 Å². The monoisotopic (exact) mass is 195 g/mol. The summed E-state index contributed by atoms with van der Waals surface area (Å²) in [5.41, 5.74) is 7.60. The summed E-state index contributed by atoms with van der Waals surface area (Å²) in [7, 11) is 1.54. The molecule has 0 heterocycles. The highest BCUT2D eigenvalue weighted by Gasteiger charge is 2.12. The van der Waals surface area contributed by atoms with E-state index >= 15 is 0 Å². The molecular formula is C11H17NO2. The van der Waals surface area contributed by atoms with Crippen LogP contribution in [-0.4, -0.2) is 12.2 Å². The first-order valence-electron chi connectivity index (χ1n) is 4.75. The number of ether oxygens (including phenoxy) is 1. The number of nitrogens with two attached hydrogens (primary N) is 1. The van der Waals surface area contributed by atoms with E-state index in [0.29, 0.717) is 5.75 Å². The van der Waals surface area contributed by atoms with E-state index in [-0.39, 0.29) is 11.8 Å². The molecule has 0 fully saturated rings. The van der Waals surface area contributed by atoms with E-state index in [4.69, 9.17) is 10.5 Å². The van der Waals surface area contributed by atoms with Crippen LogP contribution < -0.4 is 10.5 Å². The first-order chi connectivity index (χ1) is 6.60. The van der Waals surface area contributed by atoms with Crippen molar-refractivity contribution >= 4 is 0 Å². The number of phenols is 1. The SMILES string of the molecule is CCc1cc(OC)c(O)c([C@@H](C)N)c1. The quantitative estimate of drug-likeness (QED) is 0.775. The van der Waals surface area contributed by atoms with Crippen LogP contribution in [0.4, 0.5) is 0 Å². The Morgan fingerprint density at radius 3 is 2.57 bits per heavy atom. The van der Waals surface area contributed by atoms with E-state index in [2.05, 4.69) is 6.92 Å². The zero-order valence-electron chi connectivity index (χ0n) is 8.87. The van der Waals surface area contributed by atoms with Gasteiger partial charge in [-0.2, -0.15) is 0 Å². The largest absolute Gasteiger partial charge is 0.504 e. The number of aryl methyl sites for hydroxylation is 1. The Kier molecular flexibility index (Phi) is 3.36. The number of rotatable bonds is 3. The maximum absolute atomic E-state index is 9.77. The number of methoxy groups -OCH3 is 1. The smallest absolute Gasteiger partial charge is 0.162 e. The van der Waals surface area contributed by atoms with Gasteiger partial charge in [0, 0.05) is 11.6 Å². The van der Waals surface area contributed by atoms with E-state index in [1.165, 1.54) is 0 Å². The molecule has 3 N–H and O–H groups in total. The van der Waals surface area contributed by atoms with E-state index in [1.807, 2.05) is 19.1 Å². The van der Waals surface area contributed by atoms with Crippen molar-refractivity contribution in [3.05, 3.63) is 23.3 Å². The molecule has 0 saturated carbocycles. The van der Waals surface area contributed by atoms with Crippen molar-refractivity contribution in [3.63, 3.8) is 0 Å². The molecule has 0 aliphatic rings. The average Bonchev–Trinajstić information content (AvgIpc) is 2.17. The van der Waals surface area contributed by atoms with Crippen LogP contribution >= 0.6 is 0 Å². The highest BCUT2D eigenvalue weighted by Crippen LogP contribution is 2.34. The van der Waals surface area contributed by atoms with Gasteiger partial charge in [-0.1, -0.05) is 13.0 Å². The second-order valence-electron chi connectivity index (χ2n) is 3.38. The van der Waals surface area contributed by atoms with Crippen LogP contribution in [0.1, 0.15) is 31.0 Å². The molecule has 0 saturated heterocycles. The molecule has 0 aliphatic heterocycles. The number of hydrogen-bond donors (Lipinski definition) is 2. The minimum absolute atomic E-state index is 0.153. The molecule has 0 spiro atoms. The van der Waals surface area contributed by atoms with Crippen molar-refractivity contribution in [2.24, 2.45) is 5.73 Å². The Hall–Kier alpha value is -1.22. The summed E-state index contributed by atoms with van der Waals surface area (Å²) < 4.78 is 5.07. The number of benzene rings is 1. The van der Waals surface area contributed by atoms with E-state index < -0.39 is 0 Å². The predicted molar refractivity (Wildman–Crippen MR) is 56.6 cm³/mol. The third-order valence-electron chi connectivity index (χ3n) is 2.28. The van der Waals surface area contributed by atoms with Gasteiger partial charge in [0.2, 0.25) is 0 Å². The van der Waals surface area contributed by atoms with Crippen LogP contribution in [0.3, 0.4) is 0 Å². The summed E-state index contributed by atoms with van der Waals surface area (Å²) in [5.74, 6) is 0.649. The molecule has 0 aliphatic carbocycles. The first kappa shape index (κ1) is 10.9. The molecule has 0 radical (unpaired) electrons. The maximum atomic E-state index is 9.77. The normalized spacial score (nSPS) is 12.6. The summed E-state index contributed by atoms with van der Waals surface area (Å²) in [6, 6.07) is 3.57. The summed E-state index contributed by atoms with van der Waals surface area (Å²) in [5, 5.41) is 9.77. The minimum atomic E-state index is -0.185. The molecule has 1 rings (SSSR count). The molecule has 1 atom stereocenters. The van der Waals surface area contributed by atoms with Gasteiger partial charge in [-0.3, -0.25) is 0 Å². The fraction of sp³-hybridized carbons (Fsp3) is 0.455. The van der Waals surface area contributed by atoms with Crippen LogP contribution in [0.2, 0.25) is 0 Å². The molecule has 3 heteroatoms. The van der Waals surface area contributed by atoms with Gasteiger partial charge in [-0.15, -0.1) is 0 Å². The van der Waals surface area contributed by atoms with Crippen molar-refractivity contribution in [1.29, 1.82) is 0 Å². The number of aromatic hydroxyl groups is 1. The Bertz CT molecular complexity index is 321. The van der Waals surface area contributed by atoms with E-state index in [9.17, 15) is 5.11 Å². The Balaban J connectivity index is 3.27. The third kappa shape index (κ3) is 1.99. The summed E-state index contributed by atoms with van der Waals surface area (Å²) in [6.45, 7) is 3.89. The molecule has 0 aromatic heterocycles.